The molecule has 2 aromatic carbocycles. The third-order valence-electron chi connectivity index (χ3n) is 4.82. The zero-order valence-electron chi connectivity index (χ0n) is 16.1. The van der Waals surface area contributed by atoms with Crippen molar-refractivity contribution in [1.82, 2.24) is 9.21 Å². The number of amides is 1. The van der Waals surface area contributed by atoms with Gasteiger partial charge in [-0.2, -0.15) is 4.31 Å². The minimum atomic E-state index is -3.56. The number of para-hydroxylation sites is 1. The van der Waals surface area contributed by atoms with Gasteiger partial charge < -0.3 is 9.64 Å². The van der Waals surface area contributed by atoms with Crippen LogP contribution in [-0.2, 0) is 10.0 Å². The van der Waals surface area contributed by atoms with E-state index in [9.17, 15) is 13.2 Å². The smallest absolute Gasteiger partial charge is 0.253 e. The summed E-state index contributed by atoms with van der Waals surface area (Å²) in [5.41, 5.74) is 0.361. The van der Waals surface area contributed by atoms with Gasteiger partial charge in [0.05, 0.1) is 11.4 Å². The second-order valence-electron chi connectivity index (χ2n) is 6.88. The number of hydrogen-bond donors (Lipinski definition) is 0. The fourth-order valence-corrected chi connectivity index (χ4v) is 4.75. The third-order valence-corrected chi connectivity index (χ3v) is 6.71. The van der Waals surface area contributed by atoms with Gasteiger partial charge in [0.25, 0.3) is 5.91 Å². The maximum absolute atomic E-state index is 12.8. The Hall–Kier alpha value is -2.38. The predicted octanol–water partition coefficient (Wildman–Crippen LogP) is 3.01. The van der Waals surface area contributed by atoms with E-state index in [1.807, 2.05) is 30.3 Å². The number of piperidine rings is 1. The Morgan fingerprint density at radius 2 is 1.75 bits per heavy atom. The average Bonchev–Trinajstić information content (AvgIpc) is 2.74. The summed E-state index contributed by atoms with van der Waals surface area (Å²) >= 11 is 0. The molecule has 0 aromatic heterocycles. The van der Waals surface area contributed by atoms with E-state index in [4.69, 9.17) is 4.74 Å². The molecule has 1 amide bonds. The number of ether oxygens (including phenoxy) is 1. The number of hydrogen-bond acceptors (Lipinski definition) is 4. The number of carbonyl (C=O) groups excluding carboxylic acids is 1. The molecule has 0 radical (unpaired) electrons. The lowest BCUT2D eigenvalue weighted by molar-refractivity contribution is 0.0773. The maximum Gasteiger partial charge on any atom is 0.253 e. The summed E-state index contributed by atoms with van der Waals surface area (Å²) in [5.74, 6) is 0.519. The Balaban J connectivity index is 1.64. The van der Waals surface area contributed by atoms with Crippen LogP contribution in [0.4, 0.5) is 0 Å². The largest absolute Gasteiger partial charge is 0.492 e. The molecule has 0 aliphatic carbocycles. The lowest BCUT2D eigenvalue weighted by atomic mass is 10.2. The lowest BCUT2D eigenvalue weighted by Crippen LogP contribution is -2.36. The highest BCUT2D eigenvalue weighted by molar-refractivity contribution is 7.89. The molecule has 3 rings (SSSR count). The van der Waals surface area contributed by atoms with Gasteiger partial charge in [0.15, 0.2) is 0 Å². The molecule has 0 saturated carbocycles. The number of likely N-dealkylation sites (N-methyl/N-ethyl adjacent to an activating group) is 1. The predicted molar refractivity (Wildman–Crippen MR) is 108 cm³/mol. The van der Waals surface area contributed by atoms with Gasteiger partial charge in [-0.15, -0.1) is 0 Å². The van der Waals surface area contributed by atoms with Crippen molar-refractivity contribution >= 4 is 15.9 Å². The van der Waals surface area contributed by atoms with Crippen LogP contribution in [0.25, 0.3) is 0 Å². The SMILES string of the molecule is CN(CCOc1ccccc1)C(=O)c1cccc(S(=O)(=O)N2CCCCC2)c1. The molecule has 1 fully saturated rings. The Morgan fingerprint density at radius 1 is 1.04 bits per heavy atom. The molecule has 0 spiro atoms. The van der Waals surface area contributed by atoms with Gasteiger partial charge in [0.1, 0.15) is 12.4 Å². The molecule has 0 unspecified atom stereocenters. The molecule has 1 aliphatic heterocycles. The van der Waals surface area contributed by atoms with E-state index in [1.165, 1.54) is 15.3 Å². The number of carbonyl (C=O) groups is 1. The van der Waals surface area contributed by atoms with Crippen molar-refractivity contribution in [3.05, 3.63) is 60.2 Å². The molecule has 7 heteroatoms. The lowest BCUT2D eigenvalue weighted by Gasteiger charge is -2.26. The van der Waals surface area contributed by atoms with Crippen molar-refractivity contribution < 1.29 is 17.9 Å². The van der Waals surface area contributed by atoms with Crippen LogP contribution in [0.5, 0.6) is 5.75 Å². The van der Waals surface area contributed by atoms with E-state index in [-0.39, 0.29) is 10.8 Å². The van der Waals surface area contributed by atoms with Gasteiger partial charge in [0.2, 0.25) is 10.0 Å². The van der Waals surface area contributed by atoms with Crippen molar-refractivity contribution in [2.75, 3.05) is 33.3 Å². The summed E-state index contributed by atoms with van der Waals surface area (Å²) < 4.78 is 32.8. The van der Waals surface area contributed by atoms with Crippen molar-refractivity contribution in [3.8, 4) is 5.75 Å². The molecule has 0 bridgehead atoms. The fourth-order valence-electron chi connectivity index (χ4n) is 3.18. The molecule has 6 nitrogen and oxygen atoms in total. The van der Waals surface area contributed by atoms with Crippen molar-refractivity contribution in [1.29, 1.82) is 0 Å². The molecule has 1 heterocycles. The van der Waals surface area contributed by atoms with Gasteiger partial charge >= 0.3 is 0 Å². The third kappa shape index (κ3) is 4.91. The van der Waals surface area contributed by atoms with Crippen molar-refractivity contribution in [3.63, 3.8) is 0 Å². The average molecular weight is 403 g/mol. The number of rotatable bonds is 7. The summed E-state index contributed by atoms with van der Waals surface area (Å²) in [6, 6.07) is 15.7. The highest BCUT2D eigenvalue weighted by Crippen LogP contribution is 2.21. The van der Waals surface area contributed by atoms with Gasteiger partial charge in [0, 0.05) is 25.7 Å². The van der Waals surface area contributed by atoms with Crippen LogP contribution < -0.4 is 4.74 Å². The molecule has 0 N–H and O–H groups in total. The molecule has 2 aromatic rings. The van der Waals surface area contributed by atoms with Crippen LogP contribution in [-0.4, -0.2) is 56.8 Å². The first-order chi connectivity index (χ1) is 13.5. The van der Waals surface area contributed by atoms with Crippen LogP contribution in [0.3, 0.4) is 0 Å². The van der Waals surface area contributed by atoms with Crippen molar-refractivity contribution in [2.45, 2.75) is 24.2 Å². The van der Waals surface area contributed by atoms with E-state index in [0.717, 1.165) is 25.0 Å². The number of nitrogens with zero attached hydrogens (tertiary/aromatic N) is 2. The summed E-state index contributed by atoms with van der Waals surface area (Å²) in [5, 5.41) is 0. The standard InChI is InChI=1S/C21H26N2O4S/c1-22(15-16-27-19-10-4-2-5-11-19)21(24)18-9-8-12-20(17-18)28(25,26)23-13-6-3-7-14-23/h2,4-5,8-12,17H,3,6-7,13-16H2,1H3. The Kier molecular flexibility index (Phi) is 6.70. The zero-order chi connectivity index (χ0) is 20.0. The van der Waals surface area contributed by atoms with Crippen LogP contribution in [0.1, 0.15) is 29.6 Å². The van der Waals surface area contributed by atoms with Crippen LogP contribution >= 0.6 is 0 Å². The van der Waals surface area contributed by atoms with E-state index >= 15 is 0 Å². The summed E-state index contributed by atoms with van der Waals surface area (Å²) in [7, 11) is -1.88. The Morgan fingerprint density at radius 3 is 2.46 bits per heavy atom. The molecule has 0 atom stereocenters. The van der Waals surface area contributed by atoms with E-state index < -0.39 is 10.0 Å². The highest BCUT2D eigenvalue weighted by atomic mass is 32.2. The minimum Gasteiger partial charge on any atom is -0.492 e. The quantitative estimate of drug-likeness (QED) is 0.714. The first-order valence-electron chi connectivity index (χ1n) is 9.52. The van der Waals surface area contributed by atoms with Crippen LogP contribution in [0, 0.1) is 0 Å². The van der Waals surface area contributed by atoms with Gasteiger partial charge in [-0.1, -0.05) is 30.7 Å². The van der Waals surface area contributed by atoms with Gasteiger partial charge in [-0.3, -0.25) is 4.79 Å². The monoisotopic (exact) mass is 402 g/mol. The van der Waals surface area contributed by atoms with Crippen LogP contribution in [0.2, 0.25) is 0 Å². The van der Waals surface area contributed by atoms with Crippen LogP contribution in [0.15, 0.2) is 59.5 Å². The van der Waals surface area contributed by atoms with Gasteiger partial charge in [-0.05, 0) is 43.2 Å². The Labute approximate surface area is 166 Å². The topological polar surface area (TPSA) is 66.9 Å². The zero-order valence-corrected chi connectivity index (χ0v) is 16.9. The Bertz CT molecular complexity index is 894. The highest BCUT2D eigenvalue weighted by Gasteiger charge is 2.26. The van der Waals surface area contributed by atoms with Crippen molar-refractivity contribution in [2.24, 2.45) is 0 Å². The number of benzene rings is 2. The molecule has 1 aliphatic rings. The molecular weight excluding hydrogens is 376 g/mol. The minimum absolute atomic E-state index is 0.175. The van der Waals surface area contributed by atoms with E-state index in [1.54, 1.807) is 25.2 Å². The molecule has 1 saturated heterocycles. The van der Waals surface area contributed by atoms with Gasteiger partial charge in [-0.25, -0.2) is 8.42 Å². The van der Waals surface area contributed by atoms with E-state index in [0.29, 0.717) is 31.8 Å². The number of sulfonamides is 1. The molecule has 28 heavy (non-hydrogen) atoms. The summed E-state index contributed by atoms with van der Waals surface area (Å²) in [4.78, 5) is 14.4. The maximum atomic E-state index is 12.8. The molecule has 150 valence electrons. The second-order valence-corrected chi connectivity index (χ2v) is 8.82. The first-order valence-corrected chi connectivity index (χ1v) is 11.0. The fraction of sp³-hybridized carbons (Fsp3) is 0.381. The normalized spacial score (nSPS) is 15.2. The first kappa shape index (κ1) is 20.4. The summed E-state index contributed by atoms with van der Waals surface area (Å²) in [6.45, 7) is 1.84. The molecular formula is C21H26N2O4S. The van der Waals surface area contributed by atoms with E-state index in [2.05, 4.69) is 0 Å². The summed E-state index contributed by atoms with van der Waals surface area (Å²) in [6.07, 6.45) is 2.81. The second kappa shape index (κ2) is 9.21.